The molecule has 0 aliphatic heterocycles. The largest absolute Gasteiger partial charge is 0.488 e. The molecule has 0 spiro atoms. The molecule has 0 saturated heterocycles. The number of benzene rings is 1. The molecule has 6 heteroatoms. The maximum absolute atomic E-state index is 12.5. The van der Waals surface area contributed by atoms with Crippen LogP contribution in [0.15, 0.2) is 24.3 Å². The van der Waals surface area contributed by atoms with E-state index in [-0.39, 0.29) is 17.9 Å². The van der Waals surface area contributed by atoms with Crippen molar-refractivity contribution in [1.82, 2.24) is 5.32 Å². The van der Waals surface area contributed by atoms with Crippen molar-refractivity contribution < 1.29 is 18.3 Å². The molecule has 4 nitrogen and oxygen atoms in total. The first-order valence-electron chi connectivity index (χ1n) is 9.06. The molecular weight excluding hydrogens is 326 g/mol. The molecule has 0 heterocycles. The van der Waals surface area contributed by atoms with Gasteiger partial charge in [-0.1, -0.05) is 18.6 Å². The molecule has 0 aromatic heterocycles. The van der Waals surface area contributed by atoms with Gasteiger partial charge in [-0.05, 0) is 55.2 Å². The van der Waals surface area contributed by atoms with Gasteiger partial charge in [-0.2, -0.15) is 0 Å². The fraction of sp³-hybridized carbons (Fsp3) is 0.632. The lowest BCUT2D eigenvalue weighted by molar-refractivity contribution is -0.128. The van der Waals surface area contributed by atoms with E-state index < -0.39 is 13.0 Å². The zero-order valence-electron chi connectivity index (χ0n) is 14.3. The van der Waals surface area contributed by atoms with Crippen molar-refractivity contribution in [2.45, 2.75) is 51.1 Å². The molecule has 2 atom stereocenters. The molecule has 2 aliphatic rings. The van der Waals surface area contributed by atoms with Gasteiger partial charge in [0, 0.05) is 18.5 Å². The summed E-state index contributed by atoms with van der Waals surface area (Å²) < 4.78 is 29.4. The van der Waals surface area contributed by atoms with Gasteiger partial charge in [0.2, 0.25) is 5.91 Å². The number of carbonyl (C=O) groups is 1. The summed E-state index contributed by atoms with van der Waals surface area (Å²) in [7, 11) is 0. The molecule has 2 aliphatic carbocycles. The van der Waals surface area contributed by atoms with Gasteiger partial charge in [0.05, 0.1) is 0 Å². The van der Waals surface area contributed by atoms with E-state index in [2.05, 4.69) is 5.32 Å². The lowest BCUT2D eigenvalue weighted by atomic mass is 9.65. The Labute approximate surface area is 147 Å². The van der Waals surface area contributed by atoms with Crippen LogP contribution in [-0.2, 0) is 11.3 Å². The van der Waals surface area contributed by atoms with Crippen molar-refractivity contribution in [1.29, 1.82) is 0 Å². The van der Waals surface area contributed by atoms with Crippen LogP contribution in [0.3, 0.4) is 0 Å². The van der Waals surface area contributed by atoms with Gasteiger partial charge in [-0.3, -0.25) is 4.79 Å². The summed E-state index contributed by atoms with van der Waals surface area (Å²) in [6, 6.07) is 7.17. The number of nitrogens with two attached hydrogens (primary N) is 1. The molecule has 1 amide bonds. The smallest absolute Gasteiger partial charge is 0.272 e. The van der Waals surface area contributed by atoms with Gasteiger partial charge < -0.3 is 15.8 Å². The van der Waals surface area contributed by atoms with Crippen molar-refractivity contribution in [3.05, 3.63) is 29.8 Å². The van der Waals surface area contributed by atoms with Crippen molar-refractivity contribution in [3.8, 4) is 5.75 Å². The van der Waals surface area contributed by atoms with E-state index in [0.717, 1.165) is 31.2 Å². The first kappa shape index (κ1) is 18.1. The normalized spacial score (nSPS) is 28.6. The minimum absolute atomic E-state index is 0.0355. The number of rotatable bonds is 6. The predicted molar refractivity (Wildman–Crippen MR) is 91.3 cm³/mol. The van der Waals surface area contributed by atoms with Crippen molar-refractivity contribution in [2.24, 2.45) is 23.5 Å². The molecule has 2 fully saturated rings. The number of fused-ring (bicyclic) bond motifs is 2. The molecule has 3 N–H and O–H groups in total. The average molecular weight is 352 g/mol. The number of halogens is 2. The van der Waals surface area contributed by atoms with Crippen LogP contribution in [-0.4, -0.2) is 25.0 Å². The Balaban J connectivity index is 1.51. The van der Waals surface area contributed by atoms with Crippen LogP contribution < -0.4 is 15.8 Å². The molecular formula is C19H26F2N2O2. The van der Waals surface area contributed by atoms with Crippen molar-refractivity contribution >= 4 is 5.91 Å². The van der Waals surface area contributed by atoms with E-state index in [9.17, 15) is 13.6 Å². The third kappa shape index (κ3) is 4.69. The van der Waals surface area contributed by atoms with Crippen LogP contribution in [0.1, 0.15) is 37.7 Å². The van der Waals surface area contributed by atoms with Crippen molar-refractivity contribution in [2.75, 3.05) is 6.61 Å². The number of nitrogens with one attached hydrogen (secondary N) is 1. The summed E-state index contributed by atoms with van der Waals surface area (Å²) in [6.07, 6.45) is 2.74. The Bertz CT molecular complexity index is 583. The quantitative estimate of drug-likeness (QED) is 0.827. The van der Waals surface area contributed by atoms with E-state index in [1.54, 1.807) is 18.2 Å². The Kier molecular flexibility index (Phi) is 5.89. The van der Waals surface area contributed by atoms with E-state index in [0.29, 0.717) is 24.1 Å². The topological polar surface area (TPSA) is 64.4 Å². The van der Waals surface area contributed by atoms with E-state index in [1.165, 1.54) is 6.42 Å². The number of amides is 1. The third-order valence-electron chi connectivity index (χ3n) is 5.52. The highest BCUT2D eigenvalue weighted by Gasteiger charge is 2.40. The Morgan fingerprint density at radius 2 is 2.00 bits per heavy atom. The number of alkyl halides is 2. The molecule has 2 bridgehead atoms. The molecule has 1 aromatic rings. The van der Waals surface area contributed by atoms with Crippen LogP contribution >= 0.6 is 0 Å². The van der Waals surface area contributed by atoms with Crippen LogP contribution in [0, 0.1) is 17.8 Å². The predicted octanol–water partition coefficient (Wildman–Crippen LogP) is 3.10. The number of carbonyl (C=O) groups excluding carboxylic acids is 1. The standard InChI is InChI=1S/C19H26F2N2O2/c20-17(21)11-25-16-6-1-3-12(7-16)10-23-19(24)15-8-13-4-2-5-14(9-15)18(13)22/h1,3,6-7,13-15,17-18H,2,4-5,8-11,22H2,(H,23,24). The number of ether oxygens (including phenoxy) is 1. The lowest BCUT2D eigenvalue weighted by Gasteiger charge is -2.43. The SMILES string of the molecule is NC1C2CCCC1CC(C(=O)NCc1cccc(OCC(F)F)c1)C2. The summed E-state index contributed by atoms with van der Waals surface area (Å²) in [5.41, 5.74) is 7.12. The highest BCUT2D eigenvalue weighted by molar-refractivity contribution is 5.78. The Morgan fingerprint density at radius 3 is 2.68 bits per heavy atom. The highest BCUT2D eigenvalue weighted by atomic mass is 19.3. The minimum atomic E-state index is -2.50. The third-order valence-corrected chi connectivity index (χ3v) is 5.52. The van der Waals surface area contributed by atoms with Gasteiger partial charge in [-0.15, -0.1) is 0 Å². The van der Waals surface area contributed by atoms with Gasteiger partial charge in [0.25, 0.3) is 6.43 Å². The maximum Gasteiger partial charge on any atom is 0.272 e. The minimum Gasteiger partial charge on any atom is -0.488 e. The molecule has 1 aromatic carbocycles. The second kappa shape index (κ2) is 8.13. The second-order valence-corrected chi connectivity index (χ2v) is 7.26. The molecule has 0 radical (unpaired) electrons. The molecule has 138 valence electrons. The lowest BCUT2D eigenvalue weighted by Crippen LogP contribution is -2.49. The summed E-state index contributed by atoms with van der Waals surface area (Å²) in [5.74, 6) is 1.44. The summed E-state index contributed by atoms with van der Waals surface area (Å²) in [6.45, 7) is -0.247. The number of hydrogen-bond acceptors (Lipinski definition) is 3. The van der Waals surface area contributed by atoms with E-state index >= 15 is 0 Å². The van der Waals surface area contributed by atoms with Gasteiger partial charge in [-0.25, -0.2) is 8.78 Å². The molecule has 3 rings (SSSR count). The van der Waals surface area contributed by atoms with Crippen molar-refractivity contribution in [3.63, 3.8) is 0 Å². The van der Waals surface area contributed by atoms with Crippen LogP contribution in [0.5, 0.6) is 5.75 Å². The van der Waals surface area contributed by atoms with E-state index in [4.69, 9.17) is 10.5 Å². The second-order valence-electron chi connectivity index (χ2n) is 7.26. The van der Waals surface area contributed by atoms with Gasteiger partial charge in [0.1, 0.15) is 12.4 Å². The first-order chi connectivity index (χ1) is 12.0. The molecule has 25 heavy (non-hydrogen) atoms. The van der Waals surface area contributed by atoms with Gasteiger partial charge >= 0.3 is 0 Å². The first-order valence-corrected chi connectivity index (χ1v) is 9.06. The Hall–Kier alpha value is -1.69. The number of hydrogen-bond donors (Lipinski definition) is 2. The summed E-state index contributed by atoms with van der Waals surface area (Å²) in [5, 5.41) is 2.98. The molecule has 2 unspecified atom stereocenters. The van der Waals surface area contributed by atoms with Crippen LogP contribution in [0.25, 0.3) is 0 Å². The maximum atomic E-state index is 12.5. The fourth-order valence-electron chi connectivity index (χ4n) is 4.24. The summed E-state index contributed by atoms with van der Waals surface area (Å²) >= 11 is 0. The Morgan fingerprint density at radius 1 is 1.28 bits per heavy atom. The van der Waals surface area contributed by atoms with Gasteiger partial charge in [0.15, 0.2) is 0 Å². The highest BCUT2D eigenvalue weighted by Crippen LogP contribution is 2.41. The van der Waals surface area contributed by atoms with Crippen LogP contribution in [0.4, 0.5) is 8.78 Å². The summed E-state index contributed by atoms with van der Waals surface area (Å²) in [4.78, 5) is 12.5. The average Bonchev–Trinajstić information content (AvgIpc) is 2.58. The molecule has 2 saturated carbocycles. The van der Waals surface area contributed by atoms with E-state index in [1.807, 2.05) is 6.07 Å². The monoisotopic (exact) mass is 352 g/mol. The zero-order valence-corrected chi connectivity index (χ0v) is 14.3. The fourth-order valence-corrected chi connectivity index (χ4v) is 4.24. The zero-order chi connectivity index (χ0) is 17.8. The van der Waals surface area contributed by atoms with Crippen LogP contribution in [0.2, 0.25) is 0 Å².